The van der Waals surface area contributed by atoms with Gasteiger partial charge in [0.15, 0.2) is 5.11 Å². The Kier molecular flexibility index (Phi) is 7.94. The summed E-state index contributed by atoms with van der Waals surface area (Å²) < 4.78 is 10.0. The molecule has 9 nitrogen and oxygen atoms in total. The number of morpholine rings is 1. The minimum absolute atomic E-state index is 0.00264. The summed E-state index contributed by atoms with van der Waals surface area (Å²) in [5.74, 6) is -0.884. The lowest BCUT2D eigenvalue weighted by Crippen LogP contribution is -2.45. The number of methoxy groups -OCH3 is 1. The predicted molar refractivity (Wildman–Crippen MR) is 119 cm³/mol. The van der Waals surface area contributed by atoms with Crippen LogP contribution in [0.15, 0.2) is 24.3 Å². The quantitative estimate of drug-likeness (QED) is 0.464. The Morgan fingerprint density at radius 1 is 1.19 bits per heavy atom. The normalized spacial score (nSPS) is 19.6. The Hall–Kier alpha value is -2.56. The molecule has 0 bridgehead atoms. The minimum Gasteiger partial charge on any atom is -0.465 e. The van der Waals surface area contributed by atoms with Gasteiger partial charge < -0.3 is 19.7 Å². The summed E-state index contributed by atoms with van der Waals surface area (Å²) in [5.41, 5.74) is 0.933. The largest absolute Gasteiger partial charge is 0.465 e. The molecule has 2 saturated heterocycles. The van der Waals surface area contributed by atoms with Crippen molar-refractivity contribution in [2.24, 2.45) is 0 Å². The molecule has 0 aromatic heterocycles. The maximum Gasteiger partial charge on any atom is 0.337 e. The zero-order valence-corrected chi connectivity index (χ0v) is 18.7. The molecule has 1 unspecified atom stereocenters. The SMILES string of the molecule is CCN1C(=O)C(CC(=O)Nc2ccc(C(=O)OC)cc2)N(CCN2CCOCC2)C1=S. The molecule has 3 rings (SSSR count). The minimum atomic E-state index is -0.622. The van der Waals surface area contributed by atoms with Gasteiger partial charge in [0, 0.05) is 38.4 Å². The third-order valence-electron chi connectivity index (χ3n) is 5.45. The van der Waals surface area contributed by atoms with Crippen LogP contribution in [-0.4, -0.2) is 96.7 Å². The van der Waals surface area contributed by atoms with Crippen molar-refractivity contribution < 1.29 is 23.9 Å². The molecule has 2 aliphatic rings. The topological polar surface area (TPSA) is 91.4 Å². The van der Waals surface area contributed by atoms with Gasteiger partial charge in [-0.15, -0.1) is 0 Å². The highest BCUT2D eigenvalue weighted by Crippen LogP contribution is 2.21. The molecule has 2 heterocycles. The van der Waals surface area contributed by atoms with Gasteiger partial charge in [0.1, 0.15) is 6.04 Å². The first-order valence-corrected chi connectivity index (χ1v) is 10.8. The molecule has 2 aliphatic heterocycles. The Bertz CT molecular complexity index is 826. The van der Waals surface area contributed by atoms with E-state index in [0.29, 0.717) is 42.7 Å². The molecule has 0 spiro atoms. The Morgan fingerprint density at radius 2 is 1.87 bits per heavy atom. The second-order valence-electron chi connectivity index (χ2n) is 7.35. The summed E-state index contributed by atoms with van der Waals surface area (Å²) in [6.45, 7) is 6.76. The van der Waals surface area contributed by atoms with E-state index in [2.05, 4.69) is 15.0 Å². The van der Waals surface area contributed by atoms with Crippen molar-refractivity contribution in [3.63, 3.8) is 0 Å². The van der Waals surface area contributed by atoms with Crippen molar-refractivity contribution in [1.82, 2.24) is 14.7 Å². The Balaban J connectivity index is 1.63. The summed E-state index contributed by atoms with van der Waals surface area (Å²) in [4.78, 5) is 42.8. The third kappa shape index (κ3) is 5.57. The fraction of sp³-hybridized carbons (Fsp3) is 0.524. The van der Waals surface area contributed by atoms with Gasteiger partial charge in [0.05, 0.1) is 32.3 Å². The van der Waals surface area contributed by atoms with Crippen molar-refractivity contribution >= 4 is 40.8 Å². The number of esters is 1. The van der Waals surface area contributed by atoms with Gasteiger partial charge in [0.25, 0.3) is 5.91 Å². The number of likely N-dealkylation sites (N-methyl/N-ethyl adjacent to an activating group) is 1. The highest BCUT2D eigenvalue weighted by Gasteiger charge is 2.42. The maximum absolute atomic E-state index is 12.9. The van der Waals surface area contributed by atoms with Gasteiger partial charge in [-0.25, -0.2) is 4.79 Å². The van der Waals surface area contributed by atoms with E-state index in [1.165, 1.54) is 7.11 Å². The van der Waals surface area contributed by atoms with E-state index in [1.807, 2.05) is 11.8 Å². The summed E-state index contributed by atoms with van der Waals surface area (Å²) >= 11 is 5.53. The Labute approximate surface area is 187 Å². The van der Waals surface area contributed by atoms with Gasteiger partial charge in [-0.1, -0.05) is 0 Å². The highest BCUT2D eigenvalue weighted by molar-refractivity contribution is 7.80. The van der Waals surface area contributed by atoms with Gasteiger partial charge in [0.2, 0.25) is 5.91 Å². The summed E-state index contributed by atoms with van der Waals surface area (Å²) in [7, 11) is 1.31. The van der Waals surface area contributed by atoms with Crippen molar-refractivity contribution in [3.8, 4) is 0 Å². The number of thiocarbonyl (C=S) groups is 1. The van der Waals surface area contributed by atoms with E-state index in [0.717, 1.165) is 19.6 Å². The number of benzene rings is 1. The summed E-state index contributed by atoms with van der Waals surface area (Å²) in [6.07, 6.45) is -0.00264. The van der Waals surface area contributed by atoms with Crippen molar-refractivity contribution in [3.05, 3.63) is 29.8 Å². The van der Waals surface area contributed by atoms with E-state index in [4.69, 9.17) is 17.0 Å². The van der Waals surface area contributed by atoms with Crippen LogP contribution in [0.1, 0.15) is 23.7 Å². The van der Waals surface area contributed by atoms with Crippen molar-refractivity contribution in [2.45, 2.75) is 19.4 Å². The van der Waals surface area contributed by atoms with Crippen LogP contribution >= 0.6 is 12.2 Å². The van der Waals surface area contributed by atoms with Crippen molar-refractivity contribution in [1.29, 1.82) is 0 Å². The van der Waals surface area contributed by atoms with Crippen LogP contribution in [0.4, 0.5) is 5.69 Å². The number of hydrogen-bond acceptors (Lipinski definition) is 7. The number of anilines is 1. The van der Waals surface area contributed by atoms with Crippen LogP contribution in [0, 0.1) is 0 Å². The molecule has 168 valence electrons. The van der Waals surface area contributed by atoms with E-state index in [9.17, 15) is 14.4 Å². The lowest BCUT2D eigenvalue weighted by molar-refractivity contribution is -0.130. The van der Waals surface area contributed by atoms with Crippen LogP contribution in [0.2, 0.25) is 0 Å². The van der Waals surface area contributed by atoms with E-state index < -0.39 is 12.0 Å². The molecular formula is C21H28N4O5S. The zero-order chi connectivity index (χ0) is 22.4. The lowest BCUT2D eigenvalue weighted by Gasteiger charge is -2.30. The van der Waals surface area contributed by atoms with Crippen LogP contribution in [0.3, 0.4) is 0 Å². The molecule has 2 amide bonds. The molecule has 1 atom stereocenters. The van der Waals surface area contributed by atoms with E-state index in [1.54, 1.807) is 29.2 Å². The fourth-order valence-electron chi connectivity index (χ4n) is 3.70. The van der Waals surface area contributed by atoms with Crippen LogP contribution in [0.5, 0.6) is 0 Å². The number of carbonyl (C=O) groups excluding carboxylic acids is 3. The average Bonchev–Trinajstić information content (AvgIpc) is 3.01. The molecule has 0 aliphatic carbocycles. The number of amides is 2. The zero-order valence-electron chi connectivity index (χ0n) is 17.8. The fourth-order valence-corrected chi connectivity index (χ4v) is 4.14. The van der Waals surface area contributed by atoms with Gasteiger partial charge in [-0.3, -0.25) is 19.4 Å². The highest BCUT2D eigenvalue weighted by atomic mass is 32.1. The molecule has 2 fully saturated rings. The molecule has 31 heavy (non-hydrogen) atoms. The van der Waals surface area contributed by atoms with Crippen molar-refractivity contribution in [2.75, 3.05) is 58.4 Å². The summed E-state index contributed by atoms with van der Waals surface area (Å²) in [5, 5.41) is 3.26. The second kappa shape index (κ2) is 10.7. The Morgan fingerprint density at radius 3 is 2.48 bits per heavy atom. The van der Waals surface area contributed by atoms with Crippen LogP contribution < -0.4 is 5.32 Å². The molecule has 0 radical (unpaired) electrons. The van der Waals surface area contributed by atoms with Gasteiger partial charge in [-0.05, 0) is 43.4 Å². The van der Waals surface area contributed by atoms with Crippen LogP contribution in [-0.2, 0) is 19.1 Å². The van der Waals surface area contributed by atoms with E-state index in [-0.39, 0.29) is 18.2 Å². The third-order valence-corrected chi connectivity index (χ3v) is 5.90. The molecule has 10 heteroatoms. The number of ether oxygens (including phenoxy) is 2. The molecule has 1 aromatic rings. The van der Waals surface area contributed by atoms with Crippen LogP contribution in [0.25, 0.3) is 0 Å². The first kappa shape index (κ1) is 23.1. The smallest absolute Gasteiger partial charge is 0.337 e. The second-order valence-corrected chi connectivity index (χ2v) is 7.71. The first-order chi connectivity index (χ1) is 14.9. The predicted octanol–water partition coefficient (Wildman–Crippen LogP) is 0.952. The maximum atomic E-state index is 12.9. The molecule has 0 saturated carbocycles. The molecule has 1 aromatic carbocycles. The number of nitrogens with one attached hydrogen (secondary N) is 1. The first-order valence-electron chi connectivity index (χ1n) is 10.3. The van der Waals surface area contributed by atoms with E-state index >= 15 is 0 Å². The monoisotopic (exact) mass is 448 g/mol. The number of rotatable bonds is 8. The lowest BCUT2D eigenvalue weighted by atomic mass is 10.1. The van der Waals surface area contributed by atoms with Gasteiger partial charge >= 0.3 is 5.97 Å². The molecule has 1 N–H and O–H groups in total. The average molecular weight is 449 g/mol. The summed E-state index contributed by atoms with van der Waals surface area (Å²) in [6, 6.07) is 5.78. The number of nitrogens with zero attached hydrogens (tertiary/aromatic N) is 3. The molecular weight excluding hydrogens is 420 g/mol. The standard InChI is InChI=1S/C21H28N4O5S/c1-3-24-19(27)17(25(21(24)31)9-8-23-10-12-30-13-11-23)14-18(26)22-16-6-4-15(5-7-16)20(28)29-2/h4-7,17H,3,8-14H2,1-2H3,(H,22,26). The van der Waals surface area contributed by atoms with Gasteiger partial charge in [-0.2, -0.15) is 0 Å². The number of carbonyl (C=O) groups is 3. The number of hydrogen-bond donors (Lipinski definition) is 1.